The van der Waals surface area contributed by atoms with E-state index < -0.39 is 62.6 Å². The van der Waals surface area contributed by atoms with Gasteiger partial charge in [0.25, 0.3) is 0 Å². The maximum Gasteiger partial charge on any atom is 0.303 e. The third-order valence-corrected chi connectivity index (χ3v) is 11.2. The zero-order valence-corrected chi connectivity index (χ0v) is 25.1. The normalized spacial score (nSPS) is 40.4. The standard InChI is InChI=1S/C32H44O8/c1-17(33)40-27(2,3)13-12-23(36)32(9,39)25-21(35)15-29(6)22-11-10-18-19(14-20(34)26(38)28(18,4)5)31(22,8)24(37)16-30(25,29)7/h10,12-14,19,21-22,25,34-35,39H,11,15-16H2,1-9H3/b13-12+/t19-,21+,22+,25-,29-,30+,31-,32-/m0/s1. The van der Waals surface area contributed by atoms with Gasteiger partial charge in [-0.1, -0.05) is 32.4 Å². The molecule has 8 atom stereocenters. The average molecular weight is 557 g/mol. The summed E-state index contributed by atoms with van der Waals surface area (Å²) in [6.45, 7) is 15.3. The minimum atomic E-state index is -2.00. The molecule has 8 heteroatoms. The fourth-order valence-corrected chi connectivity index (χ4v) is 8.98. The minimum absolute atomic E-state index is 0.0249. The molecule has 0 spiro atoms. The minimum Gasteiger partial charge on any atom is -0.505 e. The Balaban J connectivity index is 1.76. The molecule has 2 saturated carbocycles. The Morgan fingerprint density at radius 1 is 1.07 bits per heavy atom. The van der Waals surface area contributed by atoms with Crippen molar-refractivity contribution in [2.75, 3.05) is 0 Å². The summed E-state index contributed by atoms with van der Waals surface area (Å²) in [4.78, 5) is 52.0. The Morgan fingerprint density at radius 3 is 2.25 bits per heavy atom. The van der Waals surface area contributed by atoms with E-state index in [1.165, 1.54) is 32.1 Å². The molecule has 0 saturated heterocycles. The lowest BCUT2D eigenvalue weighted by Gasteiger charge is -2.63. The Labute approximate surface area is 236 Å². The van der Waals surface area contributed by atoms with Crippen molar-refractivity contribution in [1.29, 1.82) is 0 Å². The van der Waals surface area contributed by atoms with Crippen LogP contribution in [-0.2, 0) is 23.9 Å². The average Bonchev–Trinajstić information content (AvgIpc) is 3.01. The van der Waals surface area contributed by atoms with Crippen molar-refractivity contribution >= 4 is 23.3 Å². The van der Waals surface area contributed by atoms with E-state index in [2.05, 4.69) is 0 Å². The van der Waals surface area contributed by atoms with Crippen LogP contribution in [0.15, 0.2) is 35.6 Å². The fourth-order valence-electron chi connectivity index (χ4n) is 8.98. The molecule has 0 bridgehead atoms. The number of ether oxygens (including phenoxy) is 1. The van der Waals surface area contributed by atoms with Crippen molar-refractivity contribution in [1.82, 2.24) is 0 Å². The highest BCUT2D eigenvalue weighted by atomic mass is 16.6. The maximum absolute atomic E-state index is 14.3. The Hall–Kier alpha value is -2.58. The largest absolute Gasteiger partial charge is 0.505 e. The molecule has 4 rings (SSSR count). The van der Waals surface area contributed by atoms with Crippen LogP contribution in [0.3, 0.4) is 0 Å². The molecule has 40 heavy (non-hydrogen) atoms. The van der Waals surface area contributed by atoms with Crippen molar-refractivity contribution in [2.45, 2.75) is 98.9 Å². The van der Waals surface area contributed by atoms with Crippen LogP contribution in [0.2, 0.25) is 0 Å². The van der Waals surface area contributed by atoms with E-state index >= 15 is 0 Å². The lowest BCUT2D eigenvalue weighted by molar-refractivity contribution is -0.179. The zero-order valence-electron chi connectivity index (χ0n) is 25.1. The molecule has 0 amide bonds. The van der Waals surface area contributed by atoms with Crippen LogP contribution in [0.4, 0.5) is 0 Å². The lowest BCUT2D eigenvalue weighted by atomic mass is 9.39. The van der Waals surface area contributed by atoms with Crippen LogP contribution in [0.5, 0.6) is 0 Å². The highest BCUT2D eigenvalue weighted by Crippen LogP contribution is 2.73. The number of carbonyl (C=O) groups is 4. The van der Waals surface area contributed by atoms with E-state index in [-0.39, 0.29) is 36.1 Å². The van der Waals surface area contributed by atoms with Crippen molar-refractivity contribution in [3.8, 4) is 0 Å². The van der Waals surface area contributed by atoms with Crippen LogP contribution >= 0.6 is 0 Å². The smallest absolute Gasteiger partial charge is 0.303 e. The number of hydrogen-bond donors (Lipinski definition) is 3. The van der Waals surface area contributed by atoms with Gasteiger partial charge in [0.15, 0.2) is 11.5 Å². The summed E-state index contributed by atoms with van der Waals surface area (Å²) in [7, 11) is 0. The van der Waals surface area contributed by atoms with Gasteiger partial charge in [-0.15, -0.1) is 0 Å². The van der Waals surface area contributed by atoms with E-state index in [1.54, 1.807) is 27.7 Å². The van der Waals surface area contributed by atoms with E-state index in [1.807, 2.05) is 26.8 Å². The predicted octanol–water partition coefficient (Wildman–Crippen LogP) is 4.19. The van der Waals surface area contributed by atoms with Gasteiger partial charge in [0.2, 0.25) is 5.78 Å². The van der Waals surface area contributed by atoms with Gasteiger partial charge in [-0.25, -0.2) is 0 Å². The van der Waals surface area contributed by atoms with Gasteiger partial charge >= 0.3 is 5.97 Å². The monoisotopic (exact) mass is 556 g/mol. The van der Waals surface area contributed by atoms with Crippen molar-refractivity contribution in [3.63, 3.8) is 0 Å². The first-order valence-corrected chi connectivity index (χ1v) is 14.1. The first-order valence-electron chi connectivity index (χ1n) is 14.1. The number of aliphatic hydroxyl groups excluding tert-OH is 2. The molecule has 4 aliphatic carbocycles. The summed E-state index contributed by atoms with van der Waals surface area (Å²) < 4.78 is 5.22. The second kappa shape index (κ2) is 8.96. The Kier molecular flexibility index (Phi) is 6.80. The highest BCUT2D eigenvalue weighted by Gasteiger charge is 2.74. The van der Waals surface area contributed by atoms with E-state index in [4.69, 9.17) is 4.74 Å². The molecule has 4 aliphatic rings. The molecule has 0 aromatic rings. The number of ketones is 3. The summed E-state index contributed by atoms with van der Waals surface area (Å²) in [5.41, 5.74) is -5.72. The number of Topliss-reactive ketones (excluding diaryl/α,β-unsaturated/α-hetero) is 2. The van der Waals surface area contributed by atoms with Crippen molar-refractivity contribution in [2.24, 2.45) is 39.4 Å². The van der Waals surface area contributed by atoms with Crippen LogP contribution in [0.25, 0.3) is 0 Å². The summed E-state index contributed by atoms with van der Waals surface area (Å²) >= 11 is 0. The van der Waals surface area contributed by atoms with Gasteiger partial charge in [-0.3, -0.25) is 19.2 Å². The maximum atomic E-state index is 14.3. The fraction of sp³-hybridized carbons (Fsp3) is 0.688. The topological polar surface area (TPSA) is 138 Å². The summed E-state index contributed by atoms with van der Waals surface area (Å²) in [6.07, 6.45) is 5.89. The molecule has 0 heterocycles. The van der Waals surface area contributed by atoms with Crippen LogP contribution < -0.4 is 0 Å². The lowest BCUT2D eigenvalue weighted by Crippen LogP contribution is -2.64. The van der Waals surface area contributed by atoms with Crippen LogP contribution in [0, 0.1) is 39.4 Å². The van der Waals surface area contributed by atoms with Gasteiger partial charge < -0.3 is 20.1 Å². The van der Waals surface area contributed by atoms with Crippen LogP contribution in [0.1, 0.15) is 81.6 Å². The van der Waals surface area contributed by atoms with E-state index in [0.717, 1.165) is 5.57 Å². The summed E-state index contributed by atoms with van der Waals surface area (Å²) in [5.74, 6) is -3.61. The number of fused-ring (bicyclic) bond motifs is 5. The number of rotatable bonds is 5. The molecule has 2 fully saturated rings. The van der Waals surface area contributed by atoms with Gasteiger partial charge in [0.1, 0.15) is 17.0 Å². The number of aliphatic hydroxyl groups is 3. The second-order valence-corrected chi connectivity index (χ2v) is 14.4. The number of carbonyl (C=O) groups excluding carboxylic acids is 4. The third kappa shape index (κ3) is 4.00. The Morgan fingerprint density at radius 2 is 1.68 bits per heavy atom. The SMILES string of the molecule is CC(=O)OC(C)(C)/C=C/C(=O)[C@](C)(O)[C@H]1[C@H](O)C[C@@]2(C)[C@H]3CC=C4[C@H](C=C(O)C(=O)C4(C)C)[C@]3(C)C(=O)C[C@]12C. The summed E-state index contributed by atoms with van der Waals surface area (Å²) in [5, 5.41) is 33.8. The van der Waals surface area contributed by atoms with Crippen molar-refractivity contribution < 1.29 is 39.2 Å². The zero-order chi connectivity index (χ0) is 30.4. The van der Waals surface area contributed by atoms with Gasteiger partial charge in [-0.05, 0) is 82.4 Å². The first kappa shape index (κ1) is 30.4. The quantitative estimate of drug-likeness (QED) is 0.260. The Bertz CT molecular complexity index is 1270. The number of esters is 1. The van der Waals surface area contributed by atoms with Gasteiger partial charge in [-0.2, -0.15) is 0 Å². The first-order chi connectivity index (χ1) is 18.1. The third-order valence-electron chi connectivity index (χ3n) is 11.2. The van der Waals surface area contributed by atoms with Crippen molar-refractivity contribution in [3.05, 3.63) is 35.6 Å². The van der Waals surface area contributed by atoms with E-state index in [9.17, 15) is 34.5 Å². The number of allylic oxidation sites excluding steroid dienone is 4. The molecule has 0 aromatic carbocycles. The second-order valence-electron chi connectivity index (χ2n) is 14.4. The van der Waals surface area contributed by atoms with Gasteiger partial charge in [0.05, 0.1) is 11.5 Å². The van der Waals surface area contributed by atoms with Crippen LogP contribution in [-0.4, -0.2) is 55.9 Å². The highest BCUT2D eigenvalue weighted by molar-refractivity contribution is 6.02. The molecule has 3 N–H and O–H groups in total. The van der Waals surface area contributed by atoms with Gasteiger partial charge in [0, 0.05) is 30.6 Å². The molecule has 0 aromatic heterocycles. The number of hydrogen-bond acceptors (Lipinski definition) is 8. The molecular formula is C32H44O8. The molecular weight excluding hydrogens is 512 g/mol. The molecule has 220 valence electrons. The predicted molar refractivity (Wildman–Crippen MR) is 148 cm³/mol. The summed E-state index contributed by atoms with van der Waals surface area (Å²) in [6, 6.07) is 0. The molecule has 8 nitrogen and oxygen atoms in total. The molecule has 0 radical (unpaired) electrons. The molecule has 0 unspecified atom stereocenters. The van der Waals surface area contributed by atoms with E-state index in [0.29, 0.717) is 6.42 Å². The molecule has 0 aliphatic heterocycles.